The molecule has 0 aliphatic heterocycles. The maximum absolute atomic E-state index is 9.12. The average molecular weight is 288 g/mol. The molecular weight excluding hydrogens is 281 g/mol. The summed E-state index contributed by atoms with van der Waals surface area (Å²) >= 11 is 0. The van der Waals surface area contributed by atoms with Gasteiger partial charge < -0.3 is 10.2 Å². The van der Waals surface area contributed by atoms with E-state index in [1.54, 1.807) is 0 Å². The molecule has 0 radical (unpaired) electrons. The molecule has 0 saturated heterocycles. The zero-order valence-electron chi connectivity index (χ0n) is 3.22. The van der Waals surface area contributed by atoms with Gasteiger partial charge in [0.2, 0.25) is 0 Å². The van der Waals surface area contributed by atoms with Gasteiger partial charge in [-0.05, 0) is 0 Å². The van der Waals surface area contributed by atoms with E-state index in [4.69, 9.17) is 15.0 Å². The molecule has 0 spiro atoms. The first kappa shape index (κ1) is 9.58. The second kappa shape index (κ2) is 5.31. The molecule has 0 unspecified atom stereocenters. The van der Waals surface area contributed by atoms with Gasteiger partial charge in [0, 0.05) is 0 Å². The Kier molecular flexibility index (Phi) is 8.48. The van der Waals surface area contributed by atoms with Crippen molar-refractivity contribution in [2.24, 2.45) is 0 Å². The van der Waals surface area contributed by atoms with Gasteiger partial charge in [-0.3, -0.25) is 0 Å². The van der Waals surface area contributed by atoms with Crippen LogP contribution in [-0.2, 0) is 4.79 Å². The van der Waals surface area contributed by atoms with Crippen LogP contribution in [0.4, 0.5) is 0 Å². The summed E-state index contributed by atoms with van der Waals surface area (Å²) < 4.78 is 0. The molecule has 3 nitrogen and oxygen atoms in total. The van der Waals surface area contributed by atoms with Gasteiger partial charge in [0.25, 0.3) is 0 Å². The molecule has 0 amide bonds. The van der Waals surface area contributed by atoms with E-state index in [0.29, 0.717) is 0 Å². The molecule has 0 aromatic carbocycles. The van der Waals surface area contributed by atoms with E-state index in [-0.39, 0.29) is 26.2 Å². The van der Waals surface area contributed by atoms with Gasteiger partial charge in [-0.25, -0.2) is 4.79 Å². The monoisotopic (exact) mass is 288 g/mol. The Morgan fingerprint density at radius 3 is 1.83 bits per heavy atom. The molecule has 0 fully saturated rings. The molecule has 0 saturated carbocycles. The van der Waals surface area contributed by atoms with Crippen molar-refractivity contribution in [1.29, 1.82) is 0 Å². The van der Waals surface area contributed by atoms with E-state index < -0.39 is 12.6 Å². The van der Waals surface area contributed by atoms with E-state index in [0.717, 1.165) is 0 Å². The Bertz CT molecular complexity index is 44.1. The van der Waals surface area contributed by atoms with E-state index >= 15 is 0 Å². The number of aliphatic carboxylic acids is 1. The van der Waals surface area contributed by atoms with Crippen molar-refractivity contribution in [1.82, 2.24) is 0 Å². The zero-order chi connectivity index (χ0) is 4.28. The van der Waals surface area contributed by atoms with Gasteiger partial charge in [0.1, 0.15) is 6.61 Å². The standard InChI is InChI=1S/C2H4O3.Bi.3H/c3-1-2(4)5;;;;/h3H,1H2,(H,4,5);;;;. The molecule has 2 N–H and O–H groups in total. The minimum atomic E-state index is -1.19. The Hall–Kier alpha value is 0.313. The number of hydrogen-bond donors (Lipinski definition) is 2. The molecule has 38 valence electrons. The fraction of sp³-hybridized carbons (Fsp3) is 0.500. The number of carboxylic acids is 1. The van der Waals surface area contributed by atoms with Crippen LogP contribution in [0.2, 0.25) is 0 Å². The van der Waals surface area contributed by atoms with Crippen LogP contribution in [0.25, 0.3) is 0 Å². The van der Waals surface area contributed by atoms with Crippen LogP contribution in [0.15, 0.2) is 0 Å². The van der Waals surface area contributed by atoms with E-state index in [2.05, 4.69) is 0 Å². The number of aliphatic hydroxyl groups is 1. The van der Waals surface area contributed by atoms with Crippen LogP contribution in [-0.4, -0.2) is 49.0 Å². The molecule has 0 bridgehead atoms. The predicted molar refractivity (Wildman–Crippen MR) is 24.7 cm³/mol. The molecule has 0 aromatic heterocycles. The molecule has 0 aliphatic rings. The molecule has 0 rings (SSSR count). The van der Waals surface area contributed by atoms with Crippen molar-refractivity contribution in [2.75, 3.05) is 6.61 Å². The summed E-state index contributed by atoms with van der Waals surface area (Å²) in [7, 11) is 0. The molecule has 0 aromatic rings. The van der Waals surface area contributed by atoms with Crippen molar-refractivity contribution >= 4 is 32.2 Å². The van der Waals surface area contributed by atoms with E-state index in [9.17, 15) is 0 Å². The normalized spacial score (nSPS) is 6.17. The van der Waals surface area contributed by atoms with Crippen LogP contribution in [0.5, 0.6) is 0 Å². The molecule has 0 heterocycles. The number of carbonyl (C=O) groups is 1. The quantitative estimate of drug-likeness (QED) is 0.542. The van der Waals surface area contributed by atoms with Crippen molar-refractivity contribution in [3.05, 3.63) is 0 Å². The van der Waals surface area contributed by atoms with Crippen molar-refractivity contribution in [3.8, 4) is 0 Å². The van der Waals surface area contributed by atoms with E-state index in [1.165, 1.54) is 0 Å². The summed E-state index contributed by atoms with van der Waals surface area (Å²) in [5.74, 6) is -1.19. The maximum atomic E-state index is 9.12. The Morgan fingerprint density at radius 1 is 1.67 bits per heavy atom. The second-order valence-corrected chi connectivity index (χ2v) is 0.552. The van der Waals surface area contributed by atoms with Gasteiger partial charge in [-0.15, -0.1) is 0 Å². The van der Waals surface area contributed by atoms with Crippen LogP contribution in [0.3, 0.4) is 0 Å². The van der Waals surface area contributed by atoms with Gasteiger partial charge in [0.05, 0.1) is 0 Å². The van der Waals surface area contributed by atoms with Crippen molar-refractivity contribution in [2.45, 2.75) is 0 Å². The molecule has 0 aliphatic carbocycles. The number of hydrogen-bond acceptors (Lipinski definition) is 2. The summed E-state index contributed by atoms with van der Waals surface area (Å²) in [6.07, 6.45) is 0. The Morgan fingerprint density at radius 2 is 1.83 bits per heavy atom. The van der Waals surface area contributed by atoms with Crippen LogP contribution in [0, 0.1) is 0 Å². The number of carboxylic acid groups (broad SMARTS) is 1. The van der Waals surface area contributed by atoms with Gasteiger partial charge >= 0.3 is 32.2 Å². The van der Waals surface area contributed by atoms with E-state index in [1.807, 2.05) is 0 Å². The molecule has 6 heavy (non-hydrogen) atoms. The SMILES string of the molecule is O=C(O)CO.[BiH3]. The van der Waals surface area contributed by atoms with Gasteiger partial charge in [-0.2, -0.15) is 0 Å². The summed E-state index contributed by atoms with van der Waals surface area (Å²) in [6, 6.07) is 0. The fourth-order valence-corrected chi connectivity index (χ4v) is 0. The zero-order valence-corrected chi connectivity index (χ0v) is 8.71. The predicted octanol–water partition coefficient (Wildman–Crippen LogP) is -2.12. The topological polar surface area (TPSA) is 57.5 Å². The molecular formula is C2H7BiO3. The van der Waals surface area contributed by atoms with Crippen LogP contribution < -0.4 is 0 Å². The summed E-state index contributed by atoms with van der Waals surface area (Å²) in [5, 5.41) is 15.0. The second-order valence-electron chi connectivity index (χ2n) is 0.552. The number of aliphatic hydroxyl groups excluding tert-OH is 1. The third kappa shape index (κ3) is 8.85. The van der Waals surface area contributed by atoms with Gasteiger partial charge in [-0.1, -0.05) is 0 Å². The van der Waals surface area contributed by atoms with Gasteiger partial charge in [0.15, 0.2) is 0 Å². The first-order valence-electron chi connectivity index (χ1n) is 1.10. The Balaban J connectivity index is 0. The average Bonchev–Trinajstić information content (AvgIpc) is 1.38. The minimum absolute atomic E-state index is 0. The third-order valence-electron chi connectivity index (χ3n) is 0.135. The summed E-state index contributed by atoms with van der Waals surface area (Å²) in [6.45, 7) is -0.778. The van der Waals surface area contributed by atoms with Crippen molar-refractivity contribution < 1.29 is 15.0 Å². The van der Waals surface area contributed by atoms with Crippen LogP contribution in [0.1, 0.15) is 0 Å². The van der Waals surface area contributed by atoms with Crippen LogP contribution >= 0.6 is 0 Å². The summed E-state index contributed by atoms with van der Waals surface area (Å²) in [5.41, 5.74) is 0. The summed E-state index contributed by atoms with van der Waals surface area (Å²) in [4.78, 5) is 9.12. The van der Waals surface area contributed by atoms with Crippen molar-refractivity contribution in [3.63, 3.8) is 0 Å². The third-order valence-corrected chi connectivity index (χ3v) is 0.135. The number of rotatable bonds is 1. The fourth-order valence-electron chi connectivity index (χ4n) is 0. The Labute approximate surface area is 54.1 Å². The molecule has 4 heteroatoms. The first-order chi connectivity index (χ1) is 2.27. The molecule has 0 atom stereocenters. The first-order valence-corrected chi connectivity index (χ1v) is 1.10.